The summed E-state index contributed by atoms with van der Waals surface area (Å²) < 4.78 is 4.81. The van der Waals surface area contributed by atoms with E-state index in [0.29, 0.717) is 6.42 Å². The molecule has 2 unspecified atom stereocenters. The number of piperidine rings is 1. The average Bonchev–Trinajstić information content (AvgIpc) is 3.21. The van der Waals surface area contributed by atoms with Gasteiger partial charge in [0.15, 0.2) is 0 Å². The summed E-state index contributed by atoms with van der Waals surface area (Å²) in [5.41, 5.74) is -0.378. The molecule has 1 aliphatic carbocycles. The number of methoxy groups -OCH3 is 1. The topological polar surface area (TPSA) is 58.6 Å². The second-order valence-corrected chi connectivity index (χ2v) is 7.96. The first-order valence-electron chi connectivity index (χ1n) is 8.38. The maximum absolute atomic E-state index is 12.2. The van der Waals surface area contributed by atoms with Crippen LogP contribution in [0.25, 0.3) is 0 Å². The van der Waals surface area contributed by atoms with Crippen molar-refractivity contribution >= 4 is 11.9 Å². The molecule has 2 fully saturated rings. The van der Waals surface area contributed by atoms with Crippen LogP contribution in [0.3, 0.4) is 0 Å². The Labute approximate surface area is 133 Å². The fourth-order valence-corrected chi connectivity index (χ4v) is 3.09. The summed E-state index contributed by atoms with van der Waals surface area (Å²) in [6.07, 6.45) is 3.94. The van der Waals surface area contributed by atoms with Crippen LogP contribution in [0.5, 0.6) is 0 Å². The summed E-state index contributed by atoms with van der Waals surface area (Å²) in [6.45, 7) is 8.72. The molecule has 126 valence electrons. The Bertz CT molecular complexity index is 413. The van der Waals surface area contributed by atoms with E-state index in [1.807, 2.05) is 20.8 Å². The van der Waals surface area contributed by atoms with Gasteiger partial charge >= 0.3 is 5.97 Å². The number of nitrogens with one attached hydrogen (secondary N) is 1. The second-order valence-electron chi connectivity index (χ2n) is 7.96. The summed E-state index contributed by atoms with van der Waals surface area (Å²) in [5.74, 6) is 1.02. The quantitative estimate of drug-likeness (QED) is 0.787. The molecule has 1 saturated heterocycles. The van der Waals surface area contributed by atoms with Crippen LogP contribution in [0.4, 0.5) is 0 Å². The predicted octanol–water partition coefficient (Wildman–Crippen LogP) is 1.81. The van der Waals surface area contributed by atoms with E-state index in [9.17, 15) is 9.59 Å². The Morgan fingerprint density at radius 2 is 1.86 bits per heavy atom. The number of rotatable bonds is 5. The smallest absolute Gasteiger partial charge is 0.305 e. The zero-order valence-corrected chi connectivity index (χ0v) is 14.4. The van der Waals surface area contributed by atoms with E-state index in [0.717, 1.165) is 32.0 Å². The lowest BCUT2D eigenvalue weighted by Crippen LogP contribution is -2.53. The second kappa shape index (κ2) is 6.99. The van der Waals surface area contributed by atoms with Crippen molar-refractivity contribution in [1.29, 1.82) is 0 Å². The Hall–Kier alpha value is -1.10. The minimum atomic E-state index is -0.378. The summed E-state index contributed by atoms with van der Waals surface area (Å²) in [7, 11) is 1.44. The third kappa shape index (κ3) is 5.27. The fraction of sp³-hybridized carbons (Fsp3) is 0.882. The van der Waals surface area contributed by atoms with Crippen molar-refractivity contribution in [2.75, 3.05) is 26.7 Å². The predicted molar refractivity (Wildman–Crippen MR) is 85.3 cm³/mol. The van der Waals surface area contributed by atoms with Crippen LogP contribution >= 0.6 is 0 Å². The molecule has 0 bridgehead atoms. The SMILES string of the molecule is COC(=O)CC1CC(NC(=O)C(C)(C)C)CN(CC2CC2)C1. The zero-order chi connectivity index (χ0) is 16.3. The van der Waals surface area contributed by atoms with Crippen molar-refractivity contribution in [3.63, 3.8) is 0 Å². The third-order valence-corrected chi connectivity index (χ3v) is 4.53. The van der Waals surface area contributed by atoms with Crippen molar-refractivity contribution in [1.82, 2.24) is 10.2 Å². The van der Waals surface area contributed by atoms with E-state index in [2.05, 4.69) is 10.2 Å². The Morgan fingerprint density at radius 3 is 2.41 bits per heavy atom. The lowest BCUT2D eigenvalue weighted by molar-refractivity contribution is -0.142. The lowest BCUT2D eigenvalue weighted by Gasteiger charge is -2.38. The molecule has 2 atom stereocenters. The molecule has 1 N–H and O–H groups in total. The van der Waals surface area contributed by atoms with Crippen LogP contribution < -0.4 is 5.32 Å². The van der Waals surface area contributed by atoms with Gasteiger partial charge < -0.3 is 15.0 Å². The van der Waals surface area contributed by atoms with Crippen LogP contribution in [-0.4, -0.2) is 49.6 Å². The van der Waals surface area contributed by atoms with E-state index in [4.69, 9.17) is 4.74 Å². The molecule has 1 heterocycles. The number of carbonyl (C=O) groups excluding carboxylic acids is 2. The number of amides is 1. The molecule has 0 spiro atoms. The first-order chi connectivity index (χ1) is 10.3. The monoisotopic (exact) mass is 310 g/mol. The van der Waals surface area contributed by atoms with Crippen molar-refractivity contribution in [3.8, 4) is 0 Å². The molecule has 2 aliphatic rings. The van der Waals surface area contributed by atoms with Gasteiger partial charge in [0.05, 0.1) is 7.11 Å². The summed E-state index contributed by atoms with van der Waals surface area (Å²) in [4.78, 5) is 26.2. The highest BCUT2D eigenvalue weighted by Crippen LogP contribution is 2.32. The van der Waals surface area contributed by atoms with Gasteiger partial charge in [-0.25, -0.2) is 0 Å². The Balaban J connectivity index is 1.94. The van der Waals surface area contributed by atoms with Gasteiger partial charge in [0.2, 0.25) is 5.91 Å². The molecular weight excluding hydrogens is 280 g/mol. The van der Waals surface area contributed by atoms with Crippen molar-refractivity contribution < 1.29 is 14.3 Å². The van der Waals surface area contributed by atoms with Gasteiger partial charge in [-0.15, -0.1) is 0 Å². The molecule has 1 aliphatic heterocycles. The highest BCUT2D eigenvalue weighted by Gasteiger charge is 2.34. The molecule has 1 saturated carbocycles. The van der Waals surface area contributed by atoms with Crippen LogP contribution in [0.15, 0.2) is 0 Å². The van der Waals surface area contributed by atoms with Gasteiger partial charge in [-0.2, -0.15) is 0 Å². The van der Waals surface area contributed by atoms with Gasteiger partial charge in [0.25, 0.3) is 0 Å². The van der Waals surface area contributed by atoms with Gasteiger partial charge in [0.1, 0.15) is 0 Å². The zero-order valence-electron chi connectivity index (χ0n) is 14.4. The molecule has 1 amide bonds. The van der Waals surface area contributed by atoms with Crippen LogP contribution in [0.2, 0.25) is 0 Å². The van der Waals surface area contributed by atoms with E-state index in [1.165, 1.54) is 20.0 Å². The van der Waals surface area contributed by atoms with E-state index in [1.54, 1.807) is 0 Å². The number of hydrogen-bond acceptors (Lipinski definition) is 4. The molecule has 0 aromatic rings. The summed E-state index contributed by atoms with van der Waals surface area (Å²) in [5, 5.41) is 3.17. The summed E-state index contributed by atoms with van der Waals surface area (Å²) >= 11 is 0. The molecule has 2 rings (SSSR count). The van der Waals surface area contributed by atoms with Gasteiger partial charge in [0, 0.05) is 37.5 Å². The highest BCUT2D eigenvalue weighted by molar-refractivity contribution is 5.81. The van der Waals surface area contributed by atoms with Crippen LogP contribution in [-0.2, 0) is 14.3 Å². The van der Waals surface area contributed by atoms with E-state index >= 15 is 0 Å². The standard InChI is InChI=1S/C17H30N2O3/c1-17(2,3)16(21)18-14-7-13(8-15(20)22-4)10-19(11-14)9-12-5-6-12/h12-14H,5-11H2,1-4H3,(H,18,21). The number of hydrogen-bond donors (Lipinski definition) is 1. The third-order valence-electron chi connectivity index (χ3n) is 4.53. The van der Waals surface area contributed by atoms with E-state index < -0.39 is 0 Å². The fourth-order valence-electron chi connectivity index (χ4n) is 3.09. The maximum Gasteiger partial charge on any atom is 0.305 e. The van der Waals surface area contributed by atoms with Crippen LogP contribution in [0, 0.1) is 17.3 Å². The Kier molecular flexibility index (Phi) is 5.48. The number of likely N-dealkylation sites (tertiary alicyclic amines) is 1. The molecular formula is C17H30N2O3. The first kappa shape index (κ1) is 17.3. The van der Waals surface area contributed by atoms with Gasteiger partial charge in [-0.1, -0.05) is 20.8 Å². The molecule has 0 radical (unpaired) electrons. The molecule has 0 aromatic carbocycles. The normalized spacial score (nSPS) is 26.5. The number of ether oxygens (including phenoxy) is 1. The number of esters is 1. The minimum Gasteiger partial charge on any atom is -0.469 e. The van der Waals surface area contributed by atoms with Gasteiger partial charge in [-0.3, -0.25) is 9.59 Å². The number of nitrogens with zero attached hydrogens (tertiary/aromatic N) is 1. The van der Waals surface area contributed by atoms with Crippen molar-refractivity contribution in [3.05, 3.63) is 0 Å². The molecule has 5 nitrogen and oxygen atoms in total. The molecule has 22 heavy (non-hydrogen) atoms. The van der Waals surface area contributed by atoms with Crippen molar-refractivity contribution in [2.24, 2.45) is 17.3 Å². The lowest BCUT2D eigenvalue weighted by atomic mass is 9.89. The average molecular weight is 310 g/mol. The van der Waals surface area contributed by atoms with Gasteiger partial charge in [-0.05, 0) is 31.1 Å². The first-order valence-corrected chi connectivity index (χ1v) is 8.38. The minimum absolute atomic E-state index is 0.0857. The maximum atomic E-state index is 12.2. The Morgan fingerprint density at radius 1 is 1.18 bits per heavy atom. The van der Waals surface area contributed by atoms with Crippen LogP contribution in [0.1, 0.15) is 46.5 Å². The van der Waals surface area contributed by atoms with E-state index in [-0.39, 0.29) is 29.3 Å². The van der Waals surface area contributed by atoms with Crippen molar-refractivity contribution in [2.45, 2.75) is 52.5 Å². The largest absolute Gasteiger partial charge is 0.469 e. The highest BCUT2D eigenvalue weighted by atomic mass is 16.5. The summed E-state index contributed by atoms with van der Waals surface area (Å²) in [6, 6.07) is 0.133. The molecule has 0 aromatic heterocycles. The number of carbonyl (C=O) groups is 2. The molecule has 5 heteroatoms.